The molecule has 0 radical (unpaired) electrons. The molecule has 0 bridgehead atoms. The highest BCUT2D eigenvalue weighted by atomic mass is 16.5. The summed E-state index contributed by atoms with van der Waals surface area (Å²) in [7, 11) is 0. The van der Waals surface area contributed by atoms with Gasteiger partial charge in [0, 0.05) is 31.7 Å². The van der Waals surface area contributed by atoms with Crippen molar-refractivity contribution in [3.8, 4) is 0 Å². The maximum Gasteiger partial charge on any atom is 0.0826 e. The predicted molar refractivity (Wildman–Crippen MR) is 79.6 cm³/mol. The third-order valence-corrected chi connectivity index (χ3v) is 4.41. The fourth-order valence-electron chi connectivity index (χ4n) is 3.16. The van der Waals surface area contributed by atoms with Crippen LogP contribution in [0.3, 0.4) is 0 Å². The molecule has 0 aliphatic carbocycles. The van der Waals surface area contributed by atoms with Gasteiger partial charge in [-0.3, -0.25) is 4.90 Å². The molecule has 112 valence electrons. The normalized spacial score (nSPS) is 31.3. The van der Waals surface area contributed by atoms with E-state index in [1.165, 1.54) is 32.2 Å². The van der Waals surface area contributed by atoms with Crippen LogP contribution >= 0.6 is 0 Å². The molecule has 0 aromatic heterocycles. The molecule has 4 nitrogen and oxygen atoms in total. The molecule has 0 aromatic rings. The van der Waals surface area contributed by atoms with Crippen LogP contribution in [0.5, 0.6) is 0 Å². The molecule has 19 heavy (non-hydrogen) atoms. The van der Waals surface area contributed by atoms with Crippen LogP contribution in [0.2, 0.25) is 0 Å². The molecular formula is C15H31N3O. The van der Waals surface area contributed by atoms with Crippen molar-refractivity contribution in [3.05, 3.63) is 0 Å². The third kappa shape index (κ3) is 5.38. The van der Waals surface area contributed by atoms with Gasteiger partial charge in [-0.1, -0.05) is 13.3 Å². The first-order valence-electron chi connectivity index (χ1n) is 8.08. The predicted octanol–water partition coefficient (Wildman–Crippen LogP) is 1.22. The van der Waals surface area contributed by atoms with Gasteiger partial charge < -0.3 is 15.4 Å². The Balaban J connectivity index is 1.61. The molecule has 0 aromatic carbocycles. The molecule has 2 aliphatic heterocycles. The highest BCUT2D eigenvalue weighted by Gasteiger charge is 2.20. The molecule has 4 heteroatoms. The lowest BCUT2D eigenvalue weighted by Gasteiger charge is -2.33. The zero-order valence-corrected chi connectivity index (χ0v) is 12.7. The van der Waals surface area contributed by atoms with Crippen LogP contribution < -0.4 is 10.6 Å². The highest BCUT2D eigenvalue weighted by Crippen LogP contribution is 2.12. The van der Waals surface area contributed by atoms with Gasteiger partial charge in [0.25, 0.3) is 0 Å². The maximum atomic E-state index is 5.83. The van der Waals surface area contributed by atoms with Gasteiger partial charge in [-0.15, -0.1) is 0 Å². The summed E-state index contributed by atoms with van der Waals surface area (Å²) in [6, 6.07) is 1.30. The van der Waals surface area contributed by atoms with E-state index in [9.17, 15) is 0 Å². The number of hydrogen-bond acceptors (Lipinski definition) is 4. The zero-order chi connectivity index (χ0) is 13.5. The second-order valence-electron chi connectivity index (χ2n) is 6.08. The van der Waals surface area contributed by atoms with Crippen molar-refractivity contribution in [2.45, 2.75) is 57.7 Å². The van der Waals surface area contributed by atoms with Crippen LogP contribution in [0.15, 0.2) is 0 Å². The van der Waals surface area contributed by atoms with Crippen molar-refractivity contribution in [1.29, 1.82) is 0 Å². The number of morpholine rings is 1. The average molecular weight is 269 g/mol. The van der Waals surface area contributed by atoms with E-state index in [-0.39, 0.29) is 0 Å². The lowest BCUT2D eigenvalue weighted by molar-refractivity contribution is -0.0263. The molecular weight excluding hydrogens is 238 g/mol. The van der Waals surface area contributed by atoms with E-state index in [1.54, 1.807) is 0 Å². The molecule has 3 unspecified atom stereocenters. The standard InChI is InChI=1S/C15H31N3O/c1-3-18-8-9-19-15(12-18)11-17-13(2)10-14-6-4-5-7-16-14/h13-17H,3-12H2,1-2H3. The number of hydrogen-bond donors (Lipinski definition) is 2. The summed E-state index contributed by atoms with van der Waals surface area (Å²) in [5, 5.41) is 7.28. The number of piperidine rings is 1. The van der Waals surface area contributed by atoms with Crippen LogP contribution in [0.4, 0.5) is 0 Å². The van der Waals surface area contributed by atoms with Crippen molar-refractivity contribution >= 4 is 0 Å². The average Bonchev–Trinajstić information content (AvgIpc) is 2.46. The number of rotatable bonds is 6. The van der Waals surface area contributed by atoms with Gasteiger partial charge >= 0.3 is 0 Å². The van der Waals surface area contributed by atoms with Gasteiger partial charge in [-0.2, -0.15) is 0 Å². The fourth-order valence-corrected chi connectivity index (χ4v) is 3.16. The largest absolute Gasteiger partial charge is 0.374 e. The quantitative estimate of drug-likeness (QED) is 0.760. The molecule has 0 saturated carbocycles. The Hall–Kier alpha value is -0.160. The Morgan fingerprint density at radius 1 is 1.42 bits per heavy atom. The number of likely N-dealkylation sites (N-methyl/N-ethyl adjacent to an activating group) is 1. The Morgan fingerprint density at radius 2 is 2.32 bits per heavy atom. The minimum Gasteiger partial charge on any atom is -0.374 e. The fraction of sp³-hybridized carbons (Fsp3) is 1.00. The van der Waals surface area contributed by atoms with Crippen molar-refractivity contribution in [3.63, 3.8) is 0 Å². The first-order valence-corrected chi connectivity index (χ1v) is 8.08. The molecule has 0 amide bonds. The van der Waals surface area contributed by atoms with Crippen molar-refractivity contribution in [2.75, 3.05) is 39.3 Å². The summed E-state index contributed by atoms with van der Waals surface area (Å²) in [6.45, 7) is 10.9. The summed E-state index contributed by atoms with van der Waals surface area (Å²) in [4.78, 5) is 2.48. The monoisotopic (exact) mass is 269 g/mol. The summed E-state index contributed by atoms with van der Waals surface area (Å²) in [6.07, 6.45) is 5.69. The molecule has 2 heterocycles. The van der Waals surface area contributed by atoms with Gasteiger partial charge in [0.2, 0.25) is 0 Å². The van der Waals surface area contributed by atoms with E-state index in [2.05, 4.69) is 29.4 Å². The summed E-state index contributed by atoms with van der Waals surface area (Å²) < 4.78 is 5.83. The Morgan fingerprint density at radius 3 is 3.05 bits per heavy atom. The smallest absolute Gasteiger partial charge is 0.0826 e. The zero-order valence-electron chi connectivity index (χ0n) is 12.7. The van der Waals surface area contributed by atoms with Crippen LogP contribution in [0.25, 0.3) is 0 Å². The minimum absolute atomic E-state index is 0.371. The van der Waals surface area contributed by atoms with Gasteiger partial charge in [0.15, 0.2) is 0 Å². The summed E-state index contributed by atoms with van der Waals surface area (Å²) >= 11 is 0. The molecule has 3 atom stereocenters. The second-order valence-corrected chi connectivity index (χ2v) is 6.08. The molecule has 0 spiro atoms. The van der Waals surface area contributed by atoms with Crippen LogP contribution in [-0.4, -0.2) is 62.4 Å². The minimum atomic E-state index is 0.371. The first-order chi connectivity index (χ1) is 9.28. The molecule has 2 N–H and O–H groups in total. The van der Waals surface area contributed by atoms with E-state index < -0.39 is 0 Å². The van der Waals surface area contributed by atoms with Crippen molar-refractivity contribution in [2.24, 2.45) is 0 Å². The van der Waals surface area contributed by atoms with Gasteiger partial charge in [0.05, 0.1) is 12.7 Å². The van der Waals surface area contributed by atoms with Crippen LogP contribution in [0, 0.1) is 0 Å². The second kappa shape index (κ2) is 8.20. The van der Waals surface area contributed by atoms with Crippen LogP contribution in [-0.2, 0) is 4.74 Å². The van der Waals surface area contributed by atoms with E-state index in [1.807, 2.05) is 0 Å². The lowest BCUT2D eigenvalue weighted by atomic mass is 9.99. The Bertz CT molecular complexity index is 244. The van der Waals surface area contributed by atoms with Crippen molar-refractivity contribution < 1.29 is 4.74 Å². The summed E-state index contributed by atoms with van der Waals surface area (Å²) in [5.74, 6) is 0. The van der Waals surface area contributed by atoms with E-state index >= 15 is 0 Å². The summed E-state index contributed by atoms with van der Waals surface area (Å²) in [5.41, 5.74) is 0. The molecule has 2 saturated heterocycles. The first kappa shape index (κ1) is 15.2. The van der Waals surface area contributed by atoms with E-state index in [4.69, 9.17) is 4.74 Å². The Kier molecular flexibility index (Phi) is 6.57. The SMILES string of the molecule is CCN1CCOC(CNC(C)CC2CCCCN2)C1. The molecule has 2 rings (SSSR count). The van der Waals surface area contributed by atoms with Gasteiger partial charge in [-0.25, -0.2) is 0 Å². The lowest BCUT2D eigenvalue weighted by Crippen LogP contribution is -2.48. The molecule has 2 fully saturated rings. The van der Waals surface area contributed by atoms with Crippen molar-refractivity contribution in [1.82, 2.24) is 15.5 Å². The van der Waals surface area contributed by atoms with E-state index in [0.717, 1.165) is 38.8 Å². The Labute approximate surface area is 118 Å². The molecule has 2 aliphatic rings. The number of ether oxygens (including phenoxy) is 1. The number of nitrogens with zero attached hydrogens (tertiary/aromatic N) is 1. The van der Waals surface area contributed by atoms with Gasteiger partial charge in [0.1, 0.15) is 0 Å². The van der Waals surface area contributed by atoms with Crippen LogP contribution in [0.1, 0.15) is 39.5 Å². The third-order valence-electron chi connectivity index (χ3n) is 4.41. The van der Waals surface area contributed by atoms with E-state index in [0.29, 0.717) is 12.1 Å². The maximum absolute atomic E-state index is 5.83. The highest BCUT2D eigenvalue weighted by molar-refractivity contribution is 4.79. The topological polar surface area (TPSA) is 36.5 Å². The number of nitrogens with one attached hydrogen (secondary N) is 2. The van der Waals surface area contributed by atoms with Gasteiger partial charge in [-0.05, 0) is 39.3 Å².